The topological polar surface area (TPSA) is 37.3 Å². The summed E-state index contributed by atoms with van der Waals surface area (Å²) in [6.07, 6.45) is 3.28. The maximum absolute atomic E-state index is 12.0. The molecule has 1 aromatic heterocycles. The Hall–Kier alpha value is -1.78. The number of aromatic nitrogens is 1. The minimum atomic E-state index is 0.0488. The first kappa shape index (κ1) is 16.6. The lowest BCUT2D eigenvalue weighted by atomic mass is 10.2. The van der Waals surface area contributed by atoms with Gasteiger partial charge in [0.1, 0.15) is 0 Å². The largest absolute Gasteiger partial charge is 0.356 e. The van der Waals surface area contributed by atoms with E-state index in [2.05, 4.69) is 10.2 Å². The summed E-state index contributed by atoms with van der Waals surface area (Å²) < 4.78 is 2.01. The van der Waals surface area contributed by atoms with E-state index in [9.17, 15) is 4.79 Å². The van der Waals surface area contributed by atoms with Crippen molar-refractivity contribution in [3.05, 3.63) is 53.3 Å². The van der Waals surface area contributed by atoms with E-state index in [0.29, 0.717) is 18.0 Å². The van der Waals surface area contributed by atoms with Gasteiger partial charge >= 0.3 is 0 Å². The summed E-state index contributed by atoms with van der Waals surface area (Å²) >= 11 is 5.91. The Morgan fingerprint density at radius 1 is 1.23 bits per heavy atom. The number of carbonyl (C=O) groups is 1. The Morgan fingerprint density at radius 2 is 1.95 bits per heavy atom. The van der Waals surface area contributed by atoms with Crippen molar-refractivity contribution < 1.29 is 4.79 Å². The van der Waals surface area contributed by atoms with Gasteiger partial charge in [-0.2, -0.15) is 0 Å². The Bertz CT molecular complexity index is 605. The fraction of sp³-hybridized carbons (Fsp3) is 0.353. The lowest BCUT2D eigenvalue weighted by Crippen LogP contribution is -2.28. The second-order valence-electron chi connectivity index (χ2n) is 5.53. The average molecular weight is 320 g/mol. The van der Waals surface area contributed by atoms with Gasteiger partial charge in [-0.1, -0.05) is 11.6 Å². The molecule has 2 aromatic rings. The summed E-state index contributed by atoms with van der Waals surface area (Å²) in [6.45, 7) is 1.68. The van der Waals surface area contributed by atoms with Crippen LogP contribution in [0.5, 0.6) is 0 Å². The molecule has 0 aliphatic rings. The first-order chi connectivity index (χ1) is 10.6. The van der Waals surface area contributed by atoms with E-state index in [4.69, 9.17) is 11.6 Å². The molecule has 1 heterocycles. The number of hydrogen-bond donors (Lipinski definition) is 1. The molecule has 4 nitrogen and oxygen atoms in total. The van der Waals surface area contributed by atoms with Gasteiger partial charge in [0.05, 0.1) is 6.42 Å². The zero-order chi connectivity index (χ0) is 15.9. The standard InChI is InChI=1S/C17H22ClN3O/c1-20(2)11-4-10-19-17(22)13-16-5-3-12-21(16)15-8-6-14(18)7-9-15/h3,5-9,12H,4,10-11,13H2,1-2H3,(H,19,22). The number of nitrogens with one attached hydrogen (secondary N) is 1. The van der Waals surface area contributed by atoms with Gasteiger partial charge in [-0.05, 0) is 63.5 Å². The molecule has 0 bridgehead atoms. The number of benzene rings is 1. The molecule has 5 heteroatoms. The molecular formula is C17H22ClN3O. The van der Waals surface area contributed by atoms with Gasteiger partial charge in [0, 0.05) is 29.1 Å². The van der Waals surface area contributed by atoms with Crippen LogP contribution in [-0.2, 0) is 11.2 Å². The molecule has 0 aliphatic carbocycles. The van der Waals surface area contributed by atoms with E-state index in [0.717, 1.165) is 24.3 Å². The maximum atomic E-state index is 12.0. The van der Waals surface area contributed by atoms with Crippen LogP contribution >= 0.6 is 11.6 Å². The van der Waals surface area contributed by atoms with Crippen LogP contribution in [0.3, 0.4) is 0 Å². The Morgan fingerprint density at radius 3 is 2.64 bits per heavy atom. The molecule has 1 aromatic carbocycles. The van der Waals surface area contributed by atoms with Gasteiger partial charge in [-0.25, -0.2) is 0 Å². The molecule has 2 rings (SSSR count). The molecule has 0 saturated carbocycles. The number of halogens is 1. The predicted molar refractivity (Wildman–Crippen MR) is 90.7 cm³/mol. The van der Waals surface area contributed by atoms with E-state index in [-0.39, 0.29) is 5.91 Å². The van der Waals surface area contributed by atoms with Crippen LogP contribution in [0.2, 0.25) is 5.02 Å². The highest BCUT2D eigenvalue weighted by Crippen LogP contribution is 2.16. The number of rotatable bonds is 7. The molecule has 0 radical (unpaired) electrons. The summed E-state index contributed by atoms with van der Waals surface area (Å²) in [5.41, 5.74) is 1.97. The molecule has 1 N–H and O–H groups in total. The van der Waals surface area contributed by atoms with Crippen molar-refractivity contribution >= 4 is 17.5 Å². The molecular weight excluding hydrogens is 298 g/mol. The molecule has 22 heavy (non-hydrogen) atoms. The van der Waals surface area contributed by atoms with Crippen molar-refractivity contribution in [2.75, 3.05) is 27.2 Å². The van der Waals surface area contributed by atoms with Crippen molar-refractivity contribution in [2.24, 2.45) is 0 Å². The van der Waals surface area contributed by atoms with E-state index in [1.54, 1.807) is 0 Å². The highest BCUT2D eigenvalue weighted by molar-refractivity contribution is 6.30. The number of hydrogen-bond acceptors (Lipinski definition) is 2. The van der Waals surface area contributed by atoms with E-state index >= 15 is 0 Å². The second-order valence-corrected chi connectivity index (χ2v) is 5.97. The van der Waals surface area contributed by atoms with E-state index < -0.39 is 0 Å². The lowest BCUT2D eigenvalue weighted by Gasteiger charge is -2.11. The predicted octanol–water partition coefficient (Wildman–Crippen LogP) is 2.74. The summed E-state index contributed by atoms with van der Waals surface area (Å²) in [6, 6.07) is 11.5. The van der Waals surface area contributed by atoms with Gasteiger partial charge in [-0.3, -0.25) is 4.79 Å². The first-order valence-corrected chi connectivity index (χ1v) is 7.77. The third-order valence-electron chi connectivity index (χ3n) is 3.38. The van der Waals surface area contributed by atoms with Crippen molar-refractivity contribution in [2.45, 2.75) is 12.8 Å². The number of nitrogens with zero attached hydrogens (tertiary/aromatic N) is 2. The fourth-order valence-electron chi connectivity index (χ4n) is 2.26. The Labute approximate surface area is 136 Å². The fourth-order valence-corrected chi connectivity index (χ4v) is 2.39. The highest BCUT2D eigenvalue weighted by Gasteiger charge is 2.08. The van der Waals surface area contributed by atoms with Gasteiger partial charge in [-0.15, -0.1) is 0 Å². The van der Waals surface area contributed by atoms with Gasteiger partial charge in [0.2, 0.25) is 5.91 Å². The van der Waals surface area contributed by atoms with Crippen LogP contribution in [0.25, 0.3) is 5.69 Å². The van der Waals surface area contributed by atoms with E-state index in [1.807, 2.05) is 61.3 Å². The second kappa shape index (κ2) is 8.01. The molecule has 0 atom stereocenters. The van der Waals surface area contributed by atoms with Crippen molar-refractivity contribution in [1.29, 1.82) is 0 Å². The van der Waals surface area contributed by atoms with Crippen LogP contribution < -0.4 is 5.32 Å². The van der Waals surface area contributed by atoms with Crippen LogP contribution in [-0.4, -0.2) is 42.6 Å². The molecule has 1 amide bonds. The molecule has 118 valence electrons. The molecule has 0 aliphatic heterocycles. The average Bonchev–Trinajstić information content (AvgIpc) is 2.92. The minimum absolute atomic E-state index is 0.0488. The maximum Gasteiger partial charge on any atom is 0.225 e. The molecule has 0 fully saturated rings. The van der Waals surface area contributed by atoms with Gasteiger partial charge in [0.15, 0.2) is 0 Å². The van der Waals surface area contributed by atoms with Crippen molar-refractivity contribution in [3.8, 4) is 5.69 Å². The van der Waals surface area contributed by atoms with Crippen molar-refractivity contribution in [3.63, 3.8) is 0 Å². The lowest BCUT2D eigenvalue weighted by molar-refractivity contribution is -0.120. The number of carbonyl (C=O) groups excluding carboxylic acids is 1. The van der Waals surface area contributed by atoms with Gasteiger partial charge < -0.3 is 14.8 Å². The highest BCUT2D eigenvalue weighted by atomic mass is 35.5. The Balaban J connectivity index is 1.92. The van der Waals surface area contributed by atoms with Crippen LogP contribution in [0.1, 0.15) is 12.1 Å². The quantitative estimate of drug-likeness (QED) is 0.797. The zero-order valence-electron chi connectivity index (χ0n) is 13.1. The normalized spacial score (nSPS) is 10.9. The molecule has 0 spiro atoms. The minimum Gasteiger partial charge on any atom is -0.356 e. The summed E-state index contributed by atoms with van der Waals surface area (Å²) in [4.78, 5) is 14.1. The number of amides is 1. The molecule has 0 unspecified atom stereocenters. The first-order valence-electron chi connectivity index (χ1n) is 7.40. The van der Waals surface area contributed by atoms with Gasteiger partial charge in [0.25, 0.3) is 0 Å². The summed E-state index contributed by atoms with van der Waals surface area (Å²) in [5, 5.41) is 3.67. The third-order valence-corrected chi connectivity index (χ3v) is 3.64. The van der Waals surface area contributed by atoms with Crippen LogP contribution in [0, 0.1) is 0 Å². The van der Waals surface area contributed by atoms with Crippen molar-refractivity contribution in [1.82, 2.24) is 14.8 Å². The van der Waals surface area contributed by atoms with E-state index in [1.165, 1.54) is 0 Å². The monoisotopic (exact) mass is 319 g/mol. The zero-order valence-corrected chi connectivity index (χ0v) is 13.8. The summed E-state index contributed by atoms with van der Waals surface area (Å²) in [5.74, 6) is 0.0488. The Kier molecular flexibility index (Phi) is 6.04. The smallest absolute Gasteiger partial charge is 0.225 e. The third kappa shape index (κ3) is 4.90. The summed E-state index contributed by atoms with van der Waals surface area (Å²) in [7, 11) is 4.06. The SMILES string of the molecule is CN(C)CCCNC(=O)Cc1cccn1-c1ccc(Cl)cc1. The van der Waals surface area contributed by atoms with Crippen LogP contribution in [0.4, 0.5) is 0 Å². The molecule has 0 saturated heterocycles. The van der Waals surface area contributed by atoms with Crippen LogP contribution in [0.15, 0.2) is 42.6 Å².